The Bertz CT molecular complexity index is 93.8. The minimum atomic E-state index is -0.182. The van der Waals surface area contributed by atoms with Gasteiger partial charge in [-0.3, -0.25) is 4.84 Å². The average molecular weight is 144 g/mol. The molecule has 0 aromatic heterocycles. The Labute approximate surface area is 61.7 Å². The molecule has 1 fully saturated rings. The molecular formula is C7H16N2O. The molecule has 0 radical (unpaired) electrons. The second-order valence-electron chi connectivity index (χ2n) is 3.07. The van der Waals surface area contributed by atoms with Gasteiger partial charge in [-0.2, -0.15) is 0 Å². The standard InChI is InChI=1S/C7H16N2O/c8-6-7(10-9)4-2-1-3-5-7/h1-6,8-9H2. The second-order valence-corrected chi connectivity index (χ2v) is 3.07. The van der Waals surface area contributed by atoms with Crippen molar-refractivity contribution in [1.82, 2.24) is 0 Å². The highest BCUT2D eigenvalue weighted by atomic mass is 16.6. The van der Waals surface area contributed by atoms with E-state index in [2.05, 4.69) is 0 Å². The smallest absolute Gasteiger partial charge is 0.101 e. The van der Waals surface area contributed by atoms with Crippen LogP contribution >= 0.6 is 0 Å². The van der Waals surface area contributed by atoms with Crippen LogP contribution in [-0.4, -0.2) is 12.1 Å². The minimum Gasteiger partial charge on any atom is -0.328 e. The van der Waals surface area contributed by atoms with Crippen molar-refractivity contribution in [3.8, 4) is 0 Å². The normalized spacial score (nSPS) is 24.6. The minimum absolute atomic E-state index is 0.182. The van der Waals surface area contributed by atoms with E-state index >= 15 is 0 Å². The molecule has 1 aliphatic carbocycles. The molecule has 3 heteroatoms. The third-order valence-corrected chi connectivity index (χ3v) is 2.39. The van der Waals surface area contributed by atoms with Crippen molar-refractivity contribution in [2.45, 2.75) is 37.7 Å². The van der Waals surface area contributed by atoms with Gasteiger partial charge in [-0.1, -0.05) is 19.3 Å². The highest BCUT2D eigenvalue weighted by Crippen LogP contribution is 2.28. The molecule has 0 aromatic rings. The van der Waals surface area contributed by atoms with Crippen molar-refractivity contribution in [2.75, 3.05) is 6.54 Å². The van der Waals surface area contributed by atoms with E-state index in [1.807, 2.05) is 0 Å². The third-order valence-electron chi connectivity index (χ3n) is 2.39. The van der Waals surface area contributed by atoms with E-state index in [0.29, 0.717) is 6.54 Å². The summed E-state index contributed by atoms with van der Waals surface area (Å²) in [5.41, 5.74) is 5.36. The Balaban J connectivity index is 2.44. The lowest BCUT2D eigenvalue weighted by molar-refractivity contribution is -0.0655. The van der Waals surface area contributed by atoms with E-state index < -0.39 is 0 Å². The molecule has 10 heavy (non-hydrogen) atoms. The molecule has 0 aromatic carbocycles. The largest absolute Gasteiger partial charge is 0.328 e. The highest BCUT2D eigenvalue weighted by Gasteiger charge is 2.30. The number of hydrogen-bond acceptors (Lipinski definition) is 3. The monoisotopic (exact) mass is 144 g/mol. The molecule has 1 aliphatic rings. The van der Waals surface area contributed by atoms with Gasteiger partial charge in [-0.25, -0.2) is 5.90 Å². The van der Waals surface area contributed by atoms with Crippen LogP contribution in [0.25, 0.3) is 0 Å². The average Bonchev–Trinajstić information content (AvgIpc) is 2.06. The zero-order chi connectivity index (χ0) is 7.45. The predicted molar refractivity (Wildman–Crippen MR) is 40.1 cm³/mol. The summed E-state index contributed by atoms with van der Waals surface area (Å²) in [5, 5.41) is 0. The van der Waals surface area contributed by atoms with E-state index in [0.717, 1.165) is 12.8 Å². The molecule has 1 saturated carbocycles. The Morgan fingerprint density at radius 2 is 1.80 bits per heavy atom. The fraction of sp³-hybridized carbons (Fsp3) is 1.00. The highest BCUT2D eigenvalue weighted by molar-refractivity contribution is 4.84. The molecule has 0 spiro atoms. The number of hydrogen-bond donors (Lipinski definition) is 2. The van der Waals surface area contributed by atoms with Gasteiger partial charge in [0.15, 0.2) is 0 Å². The van der Waals surface area contributed by atoms with Crippen LogP contribution in [0.2, 0.25) is 0 Å². The molecule has 0 bridgehead atoms. The first kappa shape index (κ1) is 7.98. The summed E-state index contributed by atoms with van der Waals surface area (Å²) in [6, 6.07) is 0. The topological polar surface area (TPSA) is 61.3 Å². The van der Waals surface area contributed by atoms with Crippen molar-refractivity contribution in [2.24, 2.45) is 11.6 Å². The molecule has 4 N–H and O–H groups in total. The Hall–Kier alpha value is -0.120. The molecule has 3 nitrogen and oxygen atoms in total. The van der Waals surface area contributed by atoms with Crippen LogP contribution in [0.15, 0.2) is 0 Å². The fourth-order valence-electron chi connectivity index (χ4n) is 1.57. The molecule has 1 rings (SSSR count). The molecule has 0 saturated heterocycles. The first-order valence-electron chi connectivity index (χ1n) is 3.91. The van der Waals surface area contributed by atoms with Crippen LogP contribution in [0.1, 0.15) is 32.1 Å². The van der Waals surface area contributed by atoms with Crippen LogP contribution in [-0.2, 0) is 4.84 Å². The number of rotatable bonds is 2. The zero-order valence-corrected chi connectivity index (χ0v) is 6.31. The molecule has 0 unspecified atom stereocenters. The molecule has 0 atom stereocenters. The van der Waals surface area contributed by atoms with Crippen molar-refractivity contribution in [3.05, 3.63) is 0 Å². The summed E-state index contributed by atoms with van der Waals surface area (Å²) < 4.78 is 0. The van der Waals surface area contributed by atoms with E-state index in [1.165, 1.54) is 19.3 Å². The third kappa shape index (κ3) is 1.48. The molecule has 0 amide bonds. The van der Waals surface area contributed by atoms with Crippen LogP contribution < -0.4 is 11.6 Å². The van der Waals surface area contributed by atoms with E-state index in [4.69, 9.17) is 16.5 Å². The first-order valence-corrected chi connectivity index (χ1v) is 3.91. The molecule has 0 aliphatic heterocycles. The van der Waals surface area contributed by atoms with Gasteiger partial charge < -0.3 is 5.73 Å². The lowest BCUT2D eigenvalue weighted by Gasteiger charge is -2.33. The first-order chi connectivity index (χ1) is 4.83. The van der Waals surface area contributed by atoms with Gasteiger partial charge in [0.05, 0.1) is 0 Å². The summed E-state index contributed by atoms with van der Waals surface area (Å²) in [5.74, 6) is 5.17. The summed E-state index contributed by atoms with van der Waals surface area (Å²) in [6.45, 7) is 0.559. The second kappa shape index (κ2) is 3.32. The Kier molecular flexibility index (Phi) is 2.65. The summed E-state index contributed by atoms with van der Waals surface area (Å²) in [6.07, 6.45) is 5.76. The van der Waals surface area contributed by atoms with Gasteiger partial charge in [0, 0.05) is 6.54 Å². The van der Waals surface area contributed by atoms with Crippen molar-refractivity contribution in [1.29, 1.82) is 0 Å². The van der Waals surface area contributed by atoms with Gasteiger partial charge in [0.25, 0.3) is 0 Å². The van der Waals surface area contributed by atoms with E-state index in [1.54, 1.807) is 0 Å². The maximum absolute atomic E-state index is 5.54. The summed E-state index contributed by atoms with van der Waals surface area (Å²) >= 11 is 0. The Morgan fingerprint density at radius 1 is 1.20 bits per heavy atom. The van der Waals surface area contributed by atoms with Gasteiger partial charge in [-0.15, -0.1) is 0 Å². The van der Waals surface area contributed by atoms with Gasteiger partial charge in [0.1, 0.15) is 5.60 Å². The summed E-state index contributed by atoms with van der Waals surface area (Å²) in [7, 11) is 0. The lowest BCUT2D eigenvalue weighted by Crippen LogP contribution is -2.44. The SMILES string of the molecule is NCC1(ON)CCCCC1. The van der Waals surface area contributed by atoms with Crippen LogP contribution in [0.3, 0.4) is 0 Å². The predicted octanol–water partition coefficient (Wildman–Crippen LogP) is 0.538. The maximum atomic E-state index is 5.54. The quantitative estimate of drug-likeness (QED) is 0.556. The molecule has 60 valence electrons. The van der Waals surface area contributed by atoms with Crippen LogP contribution in [0.5, 0.6) is 0 Å². The zero-order valence-electron chi connectivity index (χ0n) is 6.31. The van der Waals surface area contributed by atoms with Gasteiger partial charge in [-0.05, 0) is 12.8 Å². The van der Waals surface area contributed by atoms with Crippen LogP contribution in [0, 0.1) is 0 Å². The maximum Gasteiger partial charge on any atom is 0.101 e. The van der Waals surface area contributed by atoms with E-state index in [9.17, 15) is 0 Å². The van der Waals surface area contributed by atoms with Gasteiger partial charge >= 0.3 is 0 Å². The molecular weight excluding hydrogens is 128 g/mol. The van der Waals surface area contributed by atoms with Crippen molar-refractivity contribution < 1.29 is 4.84 Å². The van der Waals surface area contributed by atoms with Crippen molar-refractivity contribution >= 4 is 0 Å². The lowest BCUT2D eigenvalue weighted by atomic mass is 9.85. The Morgan fingerprint density at radius 3 is 2.10 bits per heavy atom. The van der Waals surface area contributed by atoms with Gasteiger partial charge in [0.2, 0.25) is 0 Å². The summed E-state index contributed by atoms with van der Waals surface area (Å²) in [4.78, 5) is 4.90. The van der Waals surface area contributed by atoms with E-state index in [-0.39, 0.29) is 5.60 Å². The fourth-order valence-corrected chi connectivity index (χ4v) is 1.57. The number of nitrogens with two attached hydrogens (primary N) is 2. The van der Waals surface area contributed by atoms with Crippen LogP contribution in [0.4, 0.5) is 0 Å². The van der Waals surface area contributed by atoms with Crippen molar-refractivity contribution in [3.63, 3.8) is 0 Å². The molecule has 0 heterocycles.